The molecule has 1 aromatic carbocycles. The molecule has 0 radical (unpaired) electrons. The standard InChI is InChI=1S/C26H23F3N8O2S/c1-14-11-17-19(15-5-3-2-4-6-15)31-22(23(38)34-24(17)40-14)33-25-32-21(35-36-25)20-18(37-7-9-39-10-8-37)12-16(13-30-20)26(27,28)29/h2-6,11-13,22H,7-10H2,1H3,(H,34,38)(H2,32,33,35,36). The number of hydrogen-bond donors (Lipinski definition) is 3. The van der Waals surface area contributed by atoms with Crippen LogP contribution in [0, 0.1) is 6.92 Å². The molecular weight excluding hydrogens is 545 g/mol. The van der Waals surface area contributed by atoms with E-state index >= 15 is 0 Å². The molecule has 5 heterocycles. The number of carbonyl (C=O) groups excluding carboxylic acids is 1. The fraction of sp³-hybridized carbons (Fsp3) is 0.269. The molecule has 1 fully saturated rings. The van der Waals surface area contributed by atoms with Gasteiger partial charge in [0.1, 0.15) is 10.7 Å². The second-order valence-corrected chi connectivity index (χ2v) is 10.4. The highest BCUT2D eigenvalue weighted by Gasteiger charge is 2.33. The molecule has 3 N–H and O–H groups in total. The number of aromatic amines is 1. The van der Waals surface area contributed by atoms with Crippen molar-refractivity contribution in [1.82, 2.24) is 20.2 Å². The largest absolute Gasteiger partial charge is 0.417 e. The van der Waals surface area contributed by atoms with Gasteiger partial charge in [0.05, 0.1) is 30.2 Å². The number of alkyl halides is 3. The van der Waals surface area contributed by atoms with E-state index < -0.39 is 23.8 Å². The predicted octanol–water partition coefficient (Wildman–Crippen LogP) is 4.32. The Balaban J connectivity index is 1.33. The number of benzene rings is 1. The average molecular weight is 569 g/mol. The number of morpholine rings is 1. The van der Waals surface area contributed by atoms with Gasteiger partial charge in [-0.15, -0.1) is 21.5 Å². The van der Waals surface area contributed by atoms with Crippen LogP contribution in [0.5, 0.6) is 0 Å². The molecule has 0 bridgehead atoms. The Morgan fingerprint density at radius 1 is 1.12 bits per heavy atom. The van der Waals surface area contributed by atoms with Crippen molar-refractivity contribution in [3.8, 4) is 11.5 Å². The number of rotatable bonds is 5. The van der Waals surface area contributed by atoms with Gasteiger partial charge in [0.2, 0.25) is 12.1 Å². The third kappa shape index (κ3) is 5.14. The molecule has 1 saturated heterocycles. The summed E-state index contributed by atoms with van der Waals surface area (Å²) in [5.74, 6) is -0.134. The van der Waals surface area contributed by atoms with Crippen molar-refractivity contribution < 1.29 is 22.7 Å². The molecule has 1 amide bonds. The highest BCUT2D eigenvalue weighted by molar-refractivity contribution is 7.16. The number of aryl methyl sites for hydroxylation is 1. The van der Waals surface area contributed by atoms with E-state index in [4.69, 9.17) is 9.73 Å². The summed E-state index contributed by atoms with van der Waals surface area (Å²) in [5.41, 5.74) is 1.89. The van der Waals surface area contributed by atoms with E-state index in [1.807, 2.05) is 43.3 Å². The van der Waals surface area contributed by atoms with Crippen LogP contribution >= 0.6 is 11.3 Å². The normalized spacial score (nSPS) is 17.6. The minimum Gasteiger partial charge on any atom is -0.378 e. The van der Waals surface area contributed by atoms with Gasteiger partial charge < -0.3 is 25.3 Å². The molecular formula is C26H23F3N8O2S. The lowest BCUT2D eigenvalue weighted by molar-refractivity contribution is -0.137. The molecule has 206 valence electrons. The molecule has 1 atom stereocenters. The third-order valence-electron chi connectivity index (χ3n) is 6.43. The van der Waals surface area contributed by atoms with E-state index in [0.29, 0.717) is 37.0 Å². The maximum Gasteiger partial charge on any atom is 0.417 e. The van der Waals surface area contributed by atoms with Crippen molar-refractivity contribution in [3.05, 3.63) is 70.2 Å². The molecule has 40 heavy (non-hydrogen) atoms. The fourth-order valence-corrected chi connectivity index (χ4v) is 5.46. The van der Waals surface area contributed by atoms with Crippen LogP contribution in [0.3, 0.4) is 0 Å². The predicted molar refractivity (Wildman–Crippen MR) is 145 cm³/mol. The van der Waals surface area contributed by atoms with Gasteiger partial charge in [-0.05, 0) is 19.1 Å². The van der Waals surface area contributed by atoms with Gasteiger partial charge in [0.25, 0.3) is 5.91 Å². The molecule has 6 rings (SSSR count). The first-order valence-electron chi connectivity index (χ1n) is 12.4. The molecule has 0 aliphatic carbocycles. The number of nitrogens with zero attached hydrogens (tertiary/aromatic N) is 5. The van der Waals surface area contributed by atoms with Crippen LogP contribution in [-0.4, -0.2) is 64.3 Å². The van der Waals surface area contributed by atoms with E-state index in [1.54, 1.807) is 4.90 Å². The Labute approximate surface area is 230 Å². The van der Waals surface area contributed by atoms with Gasteiger partial charge in [0, 0.05) is 35.3 Å². The van der Waals surface area contributed by atoms with Crippen LogP contribution in [0.15, 0.2) is 53.7 Å². The number of fused-ring (bicyclic) bond motifs is 1. The van der Waals surface area contributed by atoms with E-state index in [-0.39, 0.29) is 23.2 Å². The van der Waals surface area contributed by atoms with Crippen molar-refractivity contribution in [3.63, 3.8) is 0 Å². The van der Waals surface area contributed by atoms with Gasteiger partial charge >= 0.3 is 6.18 Å². The van der Waals surface area contributed by atoms with E-state index in [2.05, 4.69) is 30.8 Å². The quantitative estimate of drug-likeness (QED) is 0.328. The highest BCUT2D eigenvalue weighted by atomic mass is 32.1. The van der Waals surface area contributed by atoms with Crippen LogP contribution in [0.2, 0.25) is 0 Å². The van der Waals surface area contributed by atoms with Gasteiger partial charge in [-0.2, -0.15) is 13.2 Å². The van der Waals surface area contributed by atoms with Gasteiger partial charge in [-0.25, -0.2) is 4.99 Å². The minimum atomic E-state index is -4.55. The summed E-state index contributed by atoms with van der Waals surface area (Å²) >= 11 is 1.46. The third-order valence-corrected chi connectivity index (χ3v) is 7.40. The Hall–Kier alpha value is -4.30. The number of carbonyl (C=O) groups is 1. The smallest absolute Gasteiger partial charge is 0.378 e. The minimum absolute atomic E-state index is 0.113. The zero-order valence-corrected chi connectivity index (χ0v) is 21.9. The Morgan fingerprint density at radius 2 is 1.90 bits per heavy atom. The van der Waals surface area contributed by atoms with Gasteiger partial charge in [0.15, 0.2) is 5.82 Å². The number of nitrogens with one attached hydrogen (secondary N) is 3. The monoisotopic (exact) mass is 568 g/mol. The lowest BCUT2D eigenvalue weighted by atomic mass is 10.0. The molecule has 4 aromatic rings. The molecule has 14 heteroatoms. The number of anilines is 3. The Bertz CT molecular complexity index is 1580. The van der Waals surface area contributed by atoms with Crippen LogP contribution < -0.4 is 15.5 Å². The number of hydrogen-bond acceptors (Lipinski definition) is 9. The second-order valence-electron chi connectivity index (χ2n) is 9.19. The first-order chi connectivity index (χ1) is 19.3. The number of pyridine rings is 1. The topological polar surface area (TPSA) is 120 Å². The molecule has 1 unspecified atom stereocenters. The Kier molecular flexibility index (Phi) is 6.72. The van der Waals surface area contributed by atoms with Gasteiger partial charge in [-0.1, -0.05) is 30.3 Å². The summed E-state index contributed by atoms with van der Waals surface area (Å²) < 4.78 is 45.8. The van der Waals surface area contributed by atoms with Crippen molar-refractivity contribution in [2.75, 3.05) is 41.8 Å². The van der Waals surface area contributed by atoms with Crippen molar-refractivity contribution in [2.45, 2.75) is 19.3 Å². The first kappa shape index (κ1) is 26.0. The number of thiophene rings is 1. The average Bonchev–Trinajstić information content (AvgIpc) is 3.54. The maximum atomic E-state index is 13.5. The lowest BCUT2D eigenvalue weighted by Crippen LogP contribution is -2.36. The van der Waals surface area contributed by atoms with Crippen LogP contribution in [0.25, 0.3) is 11.5 Å². The summed E-state index contributed by atoms with van der Waals surface area (Å²) in [6.07, 6.45) is -4.84. The van der Waals surface area contributed by atoms with E-state index in [9.17, 15) is 18.0 Å². The molecule has 0 spiro atoms. The summed E-state index contributed by atoms with van der Waals surface area (Å²) in [6, 6.07) is 12.5. The number of aliphatic imine (C=N–C) groups is 1. The van der Waals surface area contributed by atoms with Crippen molar-refractivity contribution in [1.29, 1.82) is 0 Å². The summed E-state index contributed by atoms with van der Waals surface area (Å²) in [5, 5.41) is 14.8. The number of aromatic nitrogens is 4. The summed E-state index contributed by atoms with van der Waals surface area (Å²) in [6.45, 7) is 3.52. The molecule has 0 saturated carbocycles. The SMILES string of the molecule is Cc1cc2c(s1)NC(=O)C(Nc1nnc(-c3ncc(C(F)(F)F)cc3N3CCOCC3)[nH]1)N=C2c1ccccc1. The number of ether oxygens (including phenoxy) is 1. The van der Waals surface area contributed by atoms with Gasteiger partial charge in [-0.3, -0.25) is 9.78 Å². The maximum absolute atomic E-state index is 13.5. The lowest BCUT2D eigenvalue weighted by Gasteiger charge is -2.30. The number of amides is 1. The van der Waals surface area contributed by atoms with Crippen LogP contribution in [0.1, 0.15) is 21.6 Å². The summed E-state index contributed by atoms with van der Waals surface area (Å²) in [4.78, 5) is 27.7. The first-order valence-corrected chi connectivity index (χ1v) is 13.2. The molecule has 3 aromatic heterocycles. The zero-order chi connectivity index (χ0) is 27.9. The van der Waals surface area contributed by atoms with E-state index in [0.717, 1.165) is 28.3 Å². The number of H-pyrrole nitrogens is 1. The van der Waals surface area contributed by atoms with Crippen LogP contribution in [-0.2, 0) is 15.7 Å². The fourth-order valence-electron chi connectivity index (χ4n) is 4.54. The van der Waals surface area contributed by atoms with Crippen molar-refractivity contribution in [2.24, 2.45) is 4.99 Å². The van der Waals surface area contributed by atoms with Crippen LogP contribution in [0.4, 0.5) is 29.8 Å². The summed E-state index contributed by atoms with van der Waals surface area (Å²) in [7, 11) is 0. The Morgan fingerprint density at radius 3 is 2.65 bits per heavy atom. The van der Waals surface area contributed by atoms with Crippen molar-refractivity contribution >= 4 is 39.6 Å². The second kappa shape index (κ2) is 10.4. The van der Waals surface area contributed by atoms with E-state index in [1.165, 1.54) is 11.3 Å². The molecule has 10 nitrogen and oxygen atoms in total. The number of halogens is 3. The zero-order valence-electron chi connectivity index (χ0n) is 21.1. The highest BCUT2D eigenvalue weighted by Crippen LogP contribution is 2.36. The molecule has 2 aliphatic rings. The molecule has 2 aliphatic heterocycles.